The highest BCUT2D eigenvalue weighted by molar-refractivity contribution is 5.51. The van der Waals surface area contributed by atoms with Crippen molar-refractivity contribution in [1.82, 2.24) is 4.90 Å². The third kappa shape index (κ3) is 6.73. The standard InChI is InChI=1S/C22H34N5.CH3/c1-27(16-2-3-19-4-6-20(23)7-5-19)17-14-26(15-18-27)13-12-25-22-10-8-21(24)9-11-22;/h4-11,25H,2-3,12-18,23-24H2,1H3;1H3/q+1;-1. The highest BCUT2D eigenvalue weighted by atomic mass is 15.4. The Bertz CT molecular complexity index is 688. The summed E-state index contributed by atoms with van der Waals surface area (Å²) in [6.07, 6.45) is 2.38. The monoisotopic (exact) mass is 383 g/mol. The van der Waals surface area contributed by atoms with Gasteiger partial charge in [-0.05, 0) is 48.4 Å². The minimum Gasteiger partial charge on any atom is -0.399 e. The zero-order valence-electron chi connectivity index (χ0n) is 17.5. The topological polar surface area (TPSA) is 67.3 Å². The van der Waals surface area contributed by atoms with Crippen molar-refractivity contribution in [2.24, 2.45) is 0 Å². The molecule has 3 rings (SSSR count). The largest absolute Gasteiger partial charge is 0.399 e. The zero-order valence-corrected chi connectivity index (χ0v) is 17.5. The van der Waals surface area contributed by atoms with E-state index in [4.69, 9.17) is 11.5 Å². The molecule has 1 heterocycles. The number of rotatable bonds is 8. The summed E-state index contributed by atoms with van der Waals surface area (Å²) in [5, 5.41) is 3.49. The van der Waals surface area contributed by atoms with Gasteiger partial charge in [-0.25, -0.2) is 0 Å². The third-order valence-corrected chi connectivity index (χ3v) is 5.72. The van der Waals surface area contributed by atoms with Gasteiger partial charge in [-0.2, -0.15) is 0 Å². The van der Waals surface area contributed by atoms with E-state index in [0.29, 0.717) is 0 Å². The van der Waals surface area contributed by atoms with Gasteiger partial charge in [0.1, 0.15) is 0 Å². The number of aryl methyl sites for hydroxylation is 1. The lowest BCUT2D eigenvalue weighted by Crippen LogP contribution is -2.58. The van der Waals surface area contributed by atoms with Crippen LogP contribution in [0.1, 0.15) is 12.0 Å². The van der Waals surface area contributed by atoms with Gasteiger partial charge in [0.05, 0.1) is 26.7 Å². The number of nitrogen functional groups attached to an aromatic ring is 2. The molecule has 5 heteroatoms. The van der Waals surface area contributed by atoms with Crippen LogP contribution in [0.5, 0.6) is 0 Å². The summed E-state index contributed by atoms with van der Waals surface area (Å²) in [6.45, 7) is 8.17. The number of nitrogens with zero attached hydrogens (tertiary/aromatic N) is 2. The molecule has 0 unspecified atom stereocenters. The number of nitrogens with two attached hydrogens (primary N) is 2. The molecular formula is C23H37N5. The average Bonchev–Trinajstić information content (AvgIpc) is 2.67. The molecule has 0 aliphatic carbocycles. The minimum absolute atomic E-state index is 0. The molecule has 28 heavy (non-hydrogen) atoms. The highest BCUT2D eigenvalue weighted by Gasteiger charge is 2.27. The summed E-state index contributed by atoms with van der Waals surface area (Å²) in [7, 11) is 2.41. The number of piperazine rings is 1. The minimum atomic E-state index is 0. The Balaban J connectivity index is 0.00000280. The molecule has 2 aromatic carbocycles. The fourth-order valence-corrected chi connectivity index (χ4v) is 3.75. The van der Waals surface area contributed by atoms with Gasteiger partial charge < -0.3 is 28.7 Å². The lowest BCUT2D eigenvalue weighted by atomic mass is 10.1. The van der Waals surface area contributed by atoms with Crippen LogP contribution in [-0.4, -0.2) is 62.2 Å². The van der Waals surface area contributed by atoms with Crippen molar-refractivity contribution in [3.05, 3.63) is 61.5 Å². The number of hydrogen-bond acceptors (Lipinski definition) is 4. The molecule has 1 saturated heterocycles. The van der Waals surface area contributed by atoms with Crippen molar-refractivity contribution in [1.29, 1.82) is 0 Å². The van der Waals surface area contributed by atoms with Gasteiger partial charge in [-0.15, -0.1) is 0 Å². The van der Waals surface area contributed by atoms with E-state index in [1.165, 1.54) is 49.2 Å². The zero-order chi connectivity index (χ0) is 19.1. The Hall–Kier alpha value is -2.24. The Labute approximate surface area is 170 Å². The normalized spacial score (nSPS) is 16.3. The molecule has 5 N–H and O–H groups in total. The smallest absolute Gasteiger partial charge is 0.0914 e. The Morgan fingerprint density at radius 1 is 0.929 bits per heavy atom. The molecule has 0 saturated carbocycles. The SMILES string of the molecule is C[N+]1(CCCc2ccc(N)cc2)CCN(CCNc2ccc(N)cc2)CC1.[CH3-]. The first kappa shape index (κ1) is 22.1. The van der Waals surface area contributed by atoms with Crippen LogP contribution < -0.4 is 16.8 Å². The van der Waals surface area contributed by atoms with E-state index in [9.17, 15) is 0 Å². The molecule has 154 valence electrons. The molecule has 0 radical (unpaired) electrons. The van der Waals surface area contributed by atoms with Crippen molar-refractivity contribution in [2.75, 3.05) is 69.6 Å². The van der Waals surface area contributed by atoms with E-state index < -0.39 is 0 Å². The van der Waals surface area contributed by atoms with Crippen molar-refractivity contribution in [3.63, 3.8) is 0 Å². The van der Waals surface area contributed by atoms with E-state index in [-0.39, 0.29) is 7.43 Å². The van der Waals surface area contributed by atoms with Crippen LogP contribution >= 0.6 is 0 Å². The van der Waals surface area contributed by atoms with Crippen molar-refractivity contribution >= 4 is 17.1 Å². The highest BCUT2D eigenvalue weighted by Crippen LogP contribution is 2.14. The summed E-state index contributed by atoms with van der Waals surface area (Å²) < 4.78 is 1.19. The molecule has 0 amide bonds. The second-order valence-electron chi connectivity index (χ2n) is 8.03. The maximum Gasteiger partial charge on any atom is 0.0914 e. The van der Waals surface area contributed by atoms with E-state index in [1.807, 2.05) is 36.4 Å². The Morgan fingerprint density at radius 2 is 1.50 bits per heavy atom. The van der Waals surface area contributed by atoms with Crippen LogP contribution in [0.15, 0.2) is 48.5 Å². The van der Waals surface area contributed by atoms with E-state index in [0.717, 1.165) is 36.6 Å². The third-order valence-electron chi connectivity index (χ3n) is 5.72. The van der Waals surface area contributed by atoms with Gasteiger partial charge in [-0.1, -0.05) is 12.1 Å². The molecule has 0 spiro atoms. The molecule has 2 aromatic rings. The van der Waals surface area contributed by atoms with Gasteiger partial charge in [-0.3, -0.25) is 4.90 Å². The second kappa shape index (κ2) is 10.3. The predicted octanol–water partition coefficient (Wildman–Crippen LogP) is 3.11. The van der Waals surface area contributed by atoms with Crippen LogP contribution in [-0.2, 0) is 6.42 Å². The van der Waals surface area contributed by atoms with Crippen molar-refractivity contribution in [2.45, 2.75) is 12.8 Å². The fourth-order valence-electron chi connectivity index (χ4n) is 3.75. The molecular weight excluding hydrogens is 346 g/mol. The number of hydrogen-bond donors (Lipinski definition) is 3. The molecule has 1 aliphatic heterocycles. The molecule has 5 nitrogen and oxygen atoms in total. The number of likely N-dealkylation sites (N-methyl/N-ethyl adjacent to an activating group) is 1. The fraction of sp³-hybridized carbons (Fsp3) is 0.435. The molecule has 0 bridgehead atoms. The summed E-state index contributed by atoms with van der Waals surface area (Å²) in [5.74, 6) is 0. The molecule has 0 atom stereocenters. The summed E-state index contributed by atoms with van der Waals surface area (Å²) in [6, 6.07) is 16.3. The lowest BCUT2D eigenvalue weighted by molar-refractivity contribution is -0.913. The van der Waals surface area contributed by atoms with Crippen molar-refractivity contribution in [3.8, 4) is 0 Å². The Kier molecular flexibility index (Phi) is 8.15. The average molecular weight is 384 g/mol. The first-order valence-corrected chi connectivity index (χ1v) is 10.0. The van der Waals surface area contributed by atoms with Crippen LogP contribution in [0, 0.1) is 7.43 Å². The maximum atomic E-state index is 5.76. The number of anilines is 3. The van der Waals surface area contributed by atoms with E-state index in [1.54, 1.807) is 0 Å². The Morgan fingerprint density at radius 3 is 2.11 bits per heavy atom. The first-order valence-electron chi connectivity index (χ1n) is 10.0. The maximum absolute atomic E-state index is 5.76. The van der Waals surface area contributed by atoms with Crippen LogP contribution in [0.4, 0.5) is 17.1 Å². The van der Waals surface area contributed by atoms with Gasteiger partial charge in [0.15, 0.2) is 0 Å². The second-order valence-corrected chi connectivity index (χ2v) is 8.03. The van der Waals surface area contributed by atoms with E-state index in [2.05, 4.69) is 29.4 Å². The molecule has 1 fully saturated rings. The first-order chi connectivity index (χ1) is 13.0. The number of benzene rings is 2. The predicted molar refractivity (Wildman–Crippen MR) is 122 cm³/mol. The van der Waals surface area contributed by atoms with Gasteiger partial charge in [0, 0.05) is 49.7 Å². The van der Waals surface area contributed by atoms with Crippen molar-refractivity contribution < 1.29 is 4.48 Å². The van der Waals surface area contributed by atoms with Gasteiger partial charge >= 0.3 is 0 Å². The van der Waals surface area contributed by atoms with Gasteiger partial charge in [0.2, 0.25) is 0 Å². The van der Waals surface area contributed by atoms with E-state index >= 15 is 0 Å². The lowest BCUT2D eigenvalue weighted by Gasteiger charge is -2.42. The number of nitrogens with one attached hydrogen (secondary N) is 1. The van der Waals surface area contributed by atoms with Crippen LogP contribution in [0.2, 0.25) is 0 Å². The molecule has 1 aliphatic rings. The van der Waals surface area contributed by atoms with Crippen LogP contribution in [0.25, 0.3) is 0 Å². The molecule has 0 aromatic heterocycles. The van der Waals surface area contributed by atoms with Crippen LogP contribution in [0.3, 0.4) is 0 Å². The van der Waals surface area contributed by atoms with Gasteiger partial charge in [0.25, 0.3) is 0 Å². The summed E-state index contributed by atoms with van der Waals surface area (Å²) in [4.78, 5) is 2.57. The number of quaternary nitrogens is 1. The summed E-state index contributed by atoms with van der Waals surface area (Å²) in [5.41, 5.74) is 15.7. The summed E-state index contributed by atoms with van der Waals surface area (Å²) >= 11 is 0. The quantitative estimate of drug-likeness (QED) is 0.372.